The fourth-order valence-corrected chi connectivity index (χ4v) is 5.82. The van der Waals surface area contributed by atoms with Crippen molar-refractivity contribution in [2.45, 2.75) is 83.3 Å². The van der Waals surface area contributed by atoms with Gasteiger partial charge in [-0.2, -0.15) is 0 Å². The molecule has 1 atom stereocenters. The highest BCUT2D eigenvalue weighted by Gasteiger charge is 2.24. The van der Waals surface area contributed by atoms with Gasteiger partial charge in [-0.3, -0.25) is 9.20 Å². The van der Waals surface area contributed by atoms with Crippen LogP contribution in [0.3, 0.4) is 0 Å². The van der Waals surface area contributed by atoms with Crippen molar-refractivity contribution in [2.75, 3.05) is 18.0 Å². The highest BCUT2D eigenvalue weighted by Crippen LogP contribution is 2.36. The first-order valence-corrected chi connectivity index (χ1v) is 14.4. The Bertz CT molecular complexity index is 1400. The van der Waals surface area contributed by atoms with E-state index in [-0.39, 0.29) is 5.56 Å². The van der Waals surface area contributed by atoms with E-state index in [1.54, 1.807) is 38.3 Å². The molecule has 1 unspecified atom stereocenters. The van der Waals surface area contributed by atoms with Crippen molar-refractivity contribution in [3.63, 3.8) is 0 Å². The van der Waals surface area contributed by atoms with Gasteiger partial charge in [0.05, 0.1) is 22.4 Å². The lowest BCUT2D eigenvalue weighted by molar-refractivity contribution is -0.148. The van der Waals surface area contributed by atoms with Gasteiger partial charge in [0.2, 0.25) is 0 Å². The average molecular weight is 537 g/mol. The zero-order valence-electron chi connectivity index (χ0n) is 22.4. The summed E-state index contributed by atoms with van der Waals surface area (Å²) in [4.78, 5) is 37.6. The molecule has 0 spiro atoms. The third-order valence-electron chi connectivity index (χ3n) is 7.12. The number of aliphatic hydroxyl groups is 1. The van der Waals surface area contributed by atoms with E-state index in [4.69, 9.17) is 14.7 Å². The van der Waals surface area contributed by atoms with Crippen molar-refractivity contribution in [1.82, 2.24) is 14.4 Å². The number of aliphatic hydroxyl groups excluding tert-OH is 1. The normalized spacial score (nSPS) is 18.7. The molecular formula is C29H36N4O4S. The van der Waals surface area contributed by atoms with Crippen molar-refractivity contribution in [2.24, 2.45) is 0 Å². The van der Waals surface area contributed by atoms with Gasteiger partial charge >= 0.3 is 5.97 Å². The molecular weight excluding hydrogens is 500 g/mol. The number of pyridine rings is 1. The third kappa shape index (κ3) is 6.15. The molecule has 2 fully saturated rings. The second kappa shape index (κ2) is 11.0. The quantitative estimate of drug-likeness (QED) is 0.350. The van der Waals surface area contributed by atoms with Gasteiger partial charge in [0.25, 0.3) is 5.56 Å². The standard InChI is InChI=1S/C29H36N4O4S/c1-29(2,3)37-26(35)12-10-22-27(32-14-5-8-21(34)17-32)31-24-16-19(13-15-33(24)28(22)36)9-11-25-30-23(18-38-25)20-6-4-7-20/h10,12-13,15-16,18,20-21,34H,4-9,11,14,17H2,1-3H3. The molecule has 3 aromatic rings. The Morgan fingerprint density at radius 1 is 1.21 bits per heavy atom. The number of hydrogen-bond donors (Lipinski definition) is 1. The Balaban J connectivity index is 1.43. The second-order valence-corrected chi connectivity index (χ2v) is 12.3. The Morgan fingerprint density at radius 3 is 2.74 bits per heavy atom. The molecule has 0 amide bonds. The number of anilines is 1. The SMILES string of the molecule is CC(C)(C)OC(=O)C=Cc1c(N2CCCC(O)C2)nc2cc(CCc3nc(C4CCC4)cs3)ccn2c1=O. The number of fused-ring (bicyclic) bond motifs is 1. The van der Waals surface area contributed by atoms with Crippen LogP contribution in [0.25, 0.3) is 11.7 Å². The van der Waals surface area contributed by atoms with Crippen LogP contribution < -0.4 is 10.5 Å². The Morgan fingerprint density at radius 2 is 2.03 bits per heavy atom. The van der Waals surface area contributed by atoms with Crippen LogP contribution in [0.1, 0.15) is 80.6 Å². The lowest BCUT2D eigenvalue weighted by Crippen LogP contribution is -2.40. The van der Waals surface area contributed by atoms with Gasteiger partial charge in [-0.15, -0.1) is 11.3 Å². The molecule has 1 aliphatic heterocycles. The minimum Gasteiger partial charge on any atom is -0.457 e. The zero-order chi connectivity index (χ0) is 26.9. The highest BCUT2D eigenvalue weighted by molar-refractivity contribution is 7.09. The highest BCUT2D eigenvalue weighted by atomic mass is 32.1. The number of thiazole rings is 1. The summed E-state index contributed by atoms with van der Waals surface area (Å²) in [6.45, 7) is 6.46. The van der Waals surface area contributed by atoms with Gasteiger partial charge in [-0.25, -0.2) is 14.8 Å². The number of carbonyl (C=O) groups is 1. The molecule has 0 aromatic carbocycles. The first-order chi connectivity index (χ1) is 18.2. The number of aromatic nitrogens is 3. The Hall–Kier alpha value is -3.04. The summed E-state index contributed by atoms with van der Waals surface area (Å²) < 4.78 is 6.89. The number of ether oxygens (including phenoxy) is 1. The van der Waals surface area contributed by atoms with Gasteiger partial charge in [0, 0.05) is 43.1 Å². The molecule has 9 heteroatoms. The number of rotatable bonds is 7. The smallest absolute Gasteiger partial charge is 0.331 e. The number of nitrogens with zero attached hydrogens (tertiary/aromatic N) is 4. The van der Waals surface area contributed by atoms with Crippen molar-refractivity contribution in [1.29, 1.82) is 0 Å². The van der Waals surface area contributed by atoms with Crippen LogP contribution in [0, 0.1) is 0 Å². The maximum absolute atomic E-state index is 13.6. The van der Waals surface area contributed by atoms with Gasteiger partial charge in [-0.05, 0) is 76.6 Å². The molecule has 1 saturated heterocycles. The van der Waals surface area contributed by atoms with Gasteiger partial charge in [-0.1, -0.05) is 6.42 Å². The van der Waals surface area contributed by atoms with Gasteiger partial charge in [0.1, 0.15) is 17.1 Å². The molecule has 0 bridgehead atoms. The van der Waals surface area contributed by atoms with Crippen LogP contribution in [0.4, 0.5) is 5.82 Å². The summed E-state index contributed by atoms with van der Waals surface area (Å²) >= 11 is 1.73. The largest absolute Gasteiger partial charge is 0.457 e. The topological polar surface area (TPSA) is 97.0 Å². The maximum atomic E-state index is 13.6. The molecule has 1 saturated carbocycles. The first-order valence-electron chi connectivity index (χ1n) is 13.5. The lowest BCUT2D eigenvalue weighted by atomic mass is 9.83. The summed E-state index contributed by atoms with van der Waals surface area (Å²) in [5.41, 5.74) is 2.28. The van der Waals surface area contributed by atoms with Crippen LogP contribution in [0.15, 0.2) is 34.6 Å². The fourth-order valence-electron chi connectivity index (χ4n) is 4.94. The van der Waals surface area contributed by atoms with E-state index in [9.17, 15) is 14.7 Å². The molecule has 4 heterocycles. The predicted octanol–water partition coefficient (Wildman–Crippen LogP) is 4.52. The van der Waals surface area contributed by atoms with Crippen LogP contribution in [-0.4, -0.2) is 50.2 Å². The van der Waals surface area contributed by atoms with Crippen LogP contribution in [0.5, 0.6) is 0 Å². The molecule has 1 aliphatic carbocycles. The van der Waals surface area contributed by atoms with Crippen LogP contribution in [0.2, 0.25) is 0 Å². The number of esters is 1. The fraction of sp³-hybridized carbons (Fsp3) is 0.517. The monoisotopic (exact) mass is 536 g/mol. The second-order valence-electron chi connectivity index (χ2n) is 11.3. The van der Waals surface area contributed by atoms with E-state index in [0.29, 0.717) is 36.0 Å². The van der Waals surface area contributed by atoms with Gasteiger partial charge in [0.15, 0.2) is 0 Å². The van der Waals surface area contributed by atoms with Crippen molar-refractivity contribution >= 4 is 34.8 Å². The first kappa shape index (κ1) is 26.6. The third-order valence-corrected chi connectivity index (χ3v) is 8.05. The van der Waals surface area contributed by atoms with E-state index >= 15 is 0 Å². The van der Waals surface area contributed by atoms with E-state index in [1.807, 2.05) is 17.0 Å². The van der Waals surface area contributed by atoms with E-state index in [2.05, 4.69) is 5.38 Å². The summed E-state index contributed by atoms with van der Waals surface area (Å²) in [6, 6.07) is 3.90. The lowest BCUT2D eigenvalue weighted by Gasteiger charge is -2.32. The number of carbonyl (C=O) groups excluding carboxylic acids is 1. The molecule has 5 rings (SSSR count). The maximum Gasteiger partial charge on any atom is 0.331 e. The minimum atomic E-state index is -0.633. The Labute approximate surface area is 227 Å². The summed E-state index contributed by atoms with van der Waals surface area (Å²) in [7, 11) is 0. The molecule has 38 heavy (non-hydrogen) atoms. The average Bonchev–Trinajstić information content (AvgIpc) is 3.28. The molecule has 8 nitrogen and oxygen atoms in total. The van der Waals surface area contributed by atoms with Crippen LogP contribution >= 0.6 is 11.3 Å². The zero-order valence-corrected chi connectivity index (χ0v) is 23.2. The molecule has 202 valence electrons. The molecule has 0 radical (unpaired) electrons. The molecule has 1 N–H and O–H groups in total. The van der Waals surface area contributed by atoms with Crippen molar-refractivity contribution in [3.05, 3.63) is 62.0 Å². The summed E-state index contributed by atoms with van der Waals surface area (Å²) in [5, 5.41) is 13.6. The summed E-state index contributed by atoms with van der Waals surface area (Å²) in [5.74, 6) is 0.599. The van der Waals surface area contributed by atoms with E-state index in [0.717, 1.165) is 36.3 Å². The number of aryl methyl sites for hydroxylation is 2. The predicted molar refractivity (Wildman–Crippen MR) is 150 cm³/mol. The van der Waals surface area contributed by atoms with Crippen LogP contribution in [-0.2, 0) is 22.4 Å². The summed E-state index contributed by atoms with van der Waals surface area (Å²) in [6.07, 6.45) is 11.0. The van der Waals surface area contributed by atoms with Gasteiger partial charge < -0.3 is 14.7 Å². The number of β-amino-alcohol motifs (C(OH)–C–C–N with tert-alkyl or cyclic N) is 1. The van der Waals surface area contributed by atoms with E-state index in [1.165, 1.54) is 41.5 Å². The Kier molecular flexibility index (Phi) is 7.68. The van der Waals surface area contributed by atoms with Crippen molar-refractivity contribution < 1.29 is 14.6 Å². The minimum absolute atomic E-state index is 0.263. The number of hydrogen-bond acceptors (Lipinski definition) is 8. The molecule has 3 aromatic heterocycles. The number of piperidine rings is 1. The van der Waals surface area contributed by atoms with E-state index < -0.39 is 17.7 Å². The molecule has 2 aliphatic rings. The van der Waals surface area contributed by atoms with Crippen molar-refractivity contribution in [3.8, 4) is 0 Å².